The second-order valence-electron chi connectivity index (χ2n) is 6.08. The highest BCUT2D eigenvalue weighted by Crippen LogP contribution is 2.20. The summed E-state index contributed by atoms with van der Waals surface area (Å²) in [5.74, 6) is 1.17. The molecule has 5 nitrogen and oxygen atoms in total. The molecule has 2 N–H and O–H groups in total. The number of aromatic amines is 1. The average Bonchev–Trinajstić information content (AvgIpc) is 3.00. The molecule has 0 aliphatic heterocycles. The van der Waals surface area contributed by atoms with Crippen LogP contribution in [0.15, 0.2) is 30.3 Å². The molecule has 0 aliphatic rings. The van der Waals surface area contributed by atoms with E-state index in [2.05, 4.69) is 29.4 Å². The minimum Gasteiger partial charge on any atom is -0.497 e. The van der Waals surface area contributed by atoms with Crippen molar-refractivity contribution >= 4 is 5.91 Å². The predicted molar refractivity (Wildman–Crippen MR) is 90.6 cm³/mol. The lowest BCUT2D eigenvalue weighted by Crippen LogP contribution is -2.28. The van der Waals surface area contributed by atoms with E-state index in [0.29, 0.717) is 11.6 Å². The van der Waals surface area contributed by atoms with Gasteiger partial charge in [0.05, 0.1) is 13.2 Å². The van der Waals surface area contributed by atoms with Gasteiger partial charge in [0.15, 0.2) is 0 Å². The molecule has 0 aliphatic carbocycles. The Balaban J connectivity index is 2.05. The monoisotopic (exact) mass is 315 g/mol. The summed E-state index contributed by atoms with van der Waals surface area (Å²) in [5, 5.41) is 10.1. The largest absolute Gasteiger partial charge is 0.497 e. The van der Waals surface area contributed by atoms with Gasteiger partial charge in [-0.3, -0.25) is 9.89 Å². The third-order valence-corrected chi connectivity index (χ3v) is 3.72. The number of nitrogens with one attached hydrogen (secondary N) is 2. The van der Waals surface area contributed by atoms with Crippen molar-refractivity contribution in [1.29, 1.82) is 0 Å². The minimum atomic E-state index is -0.154. The summed E-state index contributed by atoms with van der Waals surface area (Å²) in [6.45, 7) is 6.32. The highest BCUT2D eigenvalue weighted by Gasteiger charge is 2.16. The van der Waals surface area contributed by atoms with Gasteiger partial charge >= 0.3 is 0 Å². The van der Waals surface area contributed by atoms with Crippen molar-refractivity contribution in [3.8, 4) is 5.75 Å². The molecule has 1 aromatic carbocycles. The number of nitrogens with zero attached hydrogens (tertiary/aromatic N) is 1. The Hall–Kier alpha value is -2.30. The molecule has 2 rings (SSSR count). The van der Waals surface area contributed by atoms with Crippen LogP contribution >= 0.6 is 0 Å². The summed E-state index contributed by atoms with van der Waals surface area (Å²) < 4.78 is 5.17. The van der Waals surface area contributed by atoms with Gasteiger partial charge in [0.25, 0.3) is 5.91 Å². The van der Waals surface area contributed by atoms with E-state index in [4.69, 9.17) is 4.74 Å². The molecule has 1 unspecified atom stereocenters. The average molecular weight is 315 g/mol. The Bertz CT molecular complexity index is 632. The van der Waals surface area contributed by atoms with E-state index in [9.17, 15) is 4.79 Å². The Kier molecular flexibility index (Phi) is 5.79. The van der Waals surface area contributed by atoms with E-state index in [0.717, 1.165) is 29.8 Å². The van der Waals surface area contributed by atoms with Gasteiger partial charge in [0, 0.05) is 5.69 Å². The lowest BCUT2D eigenvalue weighted by atomic mass is 10.0. The van der Waals surface area contributed by atoms with E-state index in [1.54, 1.807) is 7.11 Å². The van der Waals surface area contributed by atoms with Crippen molar-refractivity contribution in [1.82, 2.24) is 15.5 Å². The maximum absolute atomic E-state index is 12.4. The maximum Gasteiger partial charge on any atom is 0.272 e. The van der Waals surface area contributed by atoms with Crippen LogP contribution in [0.4, 0.5) is 0 Å². The topological polar surface area (TPSA) is 67.0 Å². The SMILES string of the molecule is CCC(NC(=O)c1cc(CC(C)C)[nH]n1)c1ccc(OC)cc1. The zero-order chi connectivity index (χ0) is 16.8. The molecule has 0 saturated carbocycles. The van der Waals surface area contributed by atoms with Gasteiger partial charge in [0.2, 0.25) is 0 Å². The predicted octanol–water partition coefficient (Wildman–Crippen LogP) is 3.50. The smallest absolute Gasteiger partial charge is 0.272 e. The van der Waals surface area contributed by atoms with Crippen LogP contribution < -0.4 is 10.1 Å². The van der Waals surface area contributed by atoms with Crippen molar-refractivity contribution < 1.29 is 9.53 Å². The Labute approximate surface area is 137 Å². The Morgan fingerprint density at radius 1 is 1.30 bits per heavy atom. The van der Waals surface area contributed by atoms with Crippen molar-refractivity contribution in [2.75, 3.05) is 7.11 Å². The van der Waals surface area contributed by atoms with Crippen molar-refractivity contribution in [3.63, 3.8) is 0 Å². The molecule has 1 amide bonds. The van der Waals surface area contributed by atoms with Gasteiger partial charge in [-0.1, -0.05) is 32.9 Å². The van der Waals surface area contributed by atoms with Crippen LogP contribution in [0.25, 0.3) is 0 Å². The van der Waals surface area contributed by atoms with Gasteiger partial charge < -0.3 is 10.1 Å². The molecule has 5 heteroatoms. The standard InChI is InChI=1S/C18H25N3O2/c1-5-16(13-6-8-15(23-4)9-7-13)19-18(22)17-11-14(20-21-17)10-12(2)3/h6-9,11-12,16H,5,10H2,1-4H3,(H,19,22)(H,20,21). The third kappa shape index (κ3) is 4.58. The number of H-pyrrole nitrogens is 1. The number of benzene rings is 1. The second-order valence-corrected chi connectivity index (χ2v) is 6.08. The fourth-order valence-corrected chi connectivity index (χ4v) is 2.51. The quantitative estimate of drug-likeness (QED) is 0.822. The summed E-state index contributed by atoms with van der Waals surface area (Å²) >= 11 is 0. The van der Waals surface area contributed by atoms with Gasteiger partial charge in [-0.15, -0.1) is 0 Å². The summed E-state index contributed by atoms with van der Waals surface area (Å²) in [6, 6.07) is 9.54. The number of aromatic nitrogens is 2. The fraction of sp³-hybridized carbons (Fsp3) is 0.444. The number of hydrogen-bond donors (Lipinski definition) is 2. The molecule has 1 atom stereocenters. The number of amides is 1. The lowest BCUT2D eigenvalue weighted by molar-refractivity contribution is 0.0930. The summed E-state index contributed by atoms with van der Waals surface area (Å²) in [7, 11) is 1.64. The van der Waals surface area contributed by atoms with E-state index in [1.807, 2.05) is 37.3 Å². The van der Waals surface area contributed by atoms with Crippen molar-refractivity contribution in [3.05, 3.63) is 47.3 Å². The first-order chi connectivity index (χ1) is 11.0. The van der Waals surface area contributed by atoms with E-state index in [1.165, 1.54) is 0 Å². The highest BCUT2D eigenvalue weighted by molar-refractivity contribution is 5.92. The van der Waals surface area contributed by atoms with Gasteiger partial charge in [-0.05, 0) is 42.5 Å². The van der Waals surface area contributed by atoms with Crippen LogP contribution in [0.5, 0.6) is 5.75 Å². The molecular formula is C18H25N3O2. The molecule has 23 heavy (non-hydrogen) atoms. The number of carbonyl (C=O) groups excluding carboxylic acids is 1. The van der Waals surface area contributed by atoms with E-state index in [-0.39, 0.29) is 11.9 Å². The lowest BCUT2D eigenvalue weighted by Gasteiger charge is -2.17. The van der Waals surface area contributed by atoms with Gasteiger partial charge in [0.1, 0.15) is 11.4 Å². The molecule has 1 heterocycles. The first-order valence-electron chi connectivity index (χ1n) is 8.02. The number of hydrogen-bond acceptors (Lipinski definition) is 3. The summed E-state index contributed by atoms with van der Waals surface area (Å²) in [5.41, 5.74) is 2.48. The van der Waals surface area contributed by atoms with Crippen LogP contribution in [0.1, 0.15) is 55.0 Å². The molecule has 1 aromatic heterocycles. The molecular weight excluding hydrogens is 290 g/mol. The number of methoxy groups -OCH3 is 1. The highest BCUT2D eigenvalue weighted by atomic mass is 16.5. The zero-order valence-electron chi connectivity index (χ0n) is 14.2. The minimum absolute atomic E-state index is 0.0429. The Morgan fingerprint density at radius 2 is 2.00 bits per heavy atom. The fourth-order valence-electron chi connectivity index (χ4n) is 2.51. The molecule has 0 saturated heterocycles. The Morgan fingerprint density at radius 3 is 2.57 bits per heavy atom. The first kappa shape index (κ1) is 17.1. The maximum atomic E-state index is 12.4. The molecule has 124 valence electrons. The first-order valence-corrected chi connectivity index (χ1v) is 8.02. The number of carbonyl (C=O) groups is 1. The zero-order valence-corrected chi connectivity index (χ0v) is 14.2. The normalized spacial score (nSPS) is 12.2. The van der Waals surface area contributed by atoms with E-state index < -0.39 is 0 Å². The van der Waals surface area contributed by atoms with Crippen molar-refractivity contribution in [2.24, 2.45) is 5.92 Å². The molecule has 0 fully saturated rings. The van der Waals surface area contributed by atoms with E-state index >= 15 is 0 Å². The van der Waals surface area contributed by atoms with Crippen LogP contribution in [-0.2, 0) is 6.42 Å². The second kappa shape index (κ2) is 7.81. The molecule has 0 bridgehead atoms. The number of ether oxygens (including phenoxy) is 1. The van der Waals surface area contributed by atoms with Crippen molar-refractivity contribution in [2.45, 2.75) is 39.7 Å². The molecule has 0 spiro atoms. The van der Waals surface area contributed by atoms with Crippen LogP contribution in [-0.4, -0.2) is 23.2 Å². The van der Waals surface area contributed by atoms with Crippen LogP contribution in [0.3, 0.4) is 0 Å². The van der Waals surface area contributed by atoms with Crippen LogP contribution in [0, 0.1) is 5.92 Å². The summed E-state index contributed by atoms with van der Waals surface area (Å²) in [6.07, 6.45) is 1.69. The summed E-state index contributed by atoms with van der Waals surface area (Å²) in [4.78, 5) is 12.4. The van der Waals surface area contributed by atoms with Gasteiger partial charge in [-0.2, -0.15) is 5.10 Å². The van der Waals surface area contributed by atoms with Crippen LogP contribution in [0.2, 0.25) is 0 Å². The van der Waals surface area contributed by atoms with Gasteiger partial charge in [-0.25, -0.2) is 0 Å². The molecule has 2 aromatic rings. The number of rotatable bonds is 7. The third-order valence-electron chi connectivity index (χ3n) is 3.72. The molecule has 0 radical (unpaired) electrons.